The van der Waals surface area contributed by atoms with Gasteiger partial charge in [0.05, 0.1) is 0 Å². The summed E-state index contributed by atoms with van der Waals surface area (Å²) in [6.45, 7) is 3.03. The van der Waals surface area contributed by atoms with Crippen molar-refractivity contribution in [3.63, 3.8) is 0 Å². The lowest BCUT2D eigenvalue weighted by Crippen LogP contribution is -2.33. The van der Waals surface area contributed by atoms with Crippen molar-refractivity contribution in [1.29, 1.82) is 0 Å². The first-order valence-electron chi connectivity index (χ1n) is 5.79. The van der Waals surface area contributed by atoms with Gasteiger partial charge in [0.25, 0.3) is 0 Å². The highest BCUT2D eigenvalue weighted by molar-refractivity contribution is 7.89. The van der Waals surface area contributed by atoms with E-state index in [9.17, 15) is 17.4 Å². The summed E-state index contributed by atoms with van der Waals surface area (Å²) < 4.78 is 42.5. The summed E-state index contributed by atoms with van der Waals surface area (Å²) in [4.78, 5) is 10.6. The van der Waals surface area contributed by atoms with Gasteiger partial charge in [0.1, 0.15) is 10.7 Å². The Morgan fingerprint density at radius 2 is 2.15 bits per heavy atom. The average Bonchev–Trinajstić information content (AvgIpc) is 2.69. The molecule has 0 saturated carbocycles. The minimum atomic E-state index is -3.86. The van der Waals surface area contributed by atoms with Crippen molar-refractivity contribution in [2.24, 2.45) is 0 Å². The van der Waals surface area contributed by atoms with E-state index in [1.165, 1.54) is 6.92 Å². The third-order valence-electron chi connectivity index (χ3n) is 2.57. The topological polar surface area (TPSA) is 114 Å². The van der Waals surface area contributed by atoms with Gasteiger partial charge in [0.2, 0.25) is 15.8 Å². The van der Waals surface area contributed by atoms with Crippen molar-refractivity contribution in [2.75, 3.05) is 12.0 Å². The molecule has 0 fully saturated rings. The lowest BCUT2D eigenvalue weighted by Gasteiger charge is -2.12. The van der Waals surface area contributed by atoms with E-state index in [4.69, 9.17) is 9.52 Å². The van der Waals surface area contributed by atoms with Crippen LogP contribution in [0.1, 0.15) is 29.7 Å². The second-order valence-electron chi connectivity index (χ2n) is 4.42. The number of hydrogen-bond acceptors (Lipinski definition) is 5. The van der Waals surface area contributed by atoms with Gasteiger partial charge >= 0.3 is 5.97 Å². The molecular formula is C11H17NO6S2. The molecular weight excluding hydrogens is 306 g/mol. The smallest absolute Gasteiger partial charge is 0.371 e. The molecule has 114 valence electrons. The van der Waals surface area contributed by atoms with Crippen molar-refractivity contribution in [1.82, 2.24) is 4.72 Å². The molecule has 2 N–H and O–H groups in total. The number of carbonyl (C=O) groups is 1. The van der Waals surface area contributed by atoms with E-state index >= 15 is 0 Å². The van der Waals surface area contributed by atoms with Crippen LogP contribution >= 0.6 is 0 Å². The molecule has 0 spiro atoms. The number of carboxylic acid groups (broad SMARTS) is 1. The molecule has 2 atom stereocenters. The van der Waals surface area contributed by atoms with Crippen LogP contribution in [0.25, 0.3) is 0 Å². The molecule has 9 heteroatoms. The summed E-state index contributed by atoms with van der Waals surface area (Å²) in [5, 5.41) is 8.77. The van der Waals surface area contributed by atoms with Gasteiger partial charge in [0.15, 0.2) is 0 Å². The fourth-order valence-corrected chi connectivity index (χ4v) is 3.71. The van der Waals surface area contributed by atoms with E-state index in [1.54, 1.807) is 13.2 Å². The van der Waals surface area contributed by atoms with Crippen molar-refractivity contribution < 1.29 is 26.9 Å². The maximum Gasteiger partial charge on any atom is 0.371 e. The molecule has 7 nitrogen and oxygen atoms in total. The molecule has 20 heavy (non-hydrogen) atoms. The van der Waals surface area contributed by atoms with Crippen LogP contribution in [0.4, 0.5) is 0 Å². The Balaban J connectivity index is 2.88. The predicted molar refractivity (Wildman–Crippen MR) is 73.7 cm³/mol. The average molecular weight is 323 g/mol. The lowest BCUT2D eigenvalue weighted by molar-refractivity contribution is 0.0661. The Bertz CT molecular complexity index is 619. The third kappa shape index (κ3) is 4.43. The van der Waals surface area contributed by atoms with E-state index in [1.807, 2.05) is 0 Å². The summed E-state index contributed by atoms with van der Waals surface area (Å²) in [5.74, 6) is -1.36. The number of aromatic carboxylic acids is 1. The molecule has 1 aromatic heterocycles. The van der Waals surface area contributed by atoms with Crippen LogP contribution in [0.15, 0.2) is 15.4 Å². The van der Waals surface area contributed by atoms with Gasteiger partial charge in [-0.3, -0.25) is 4.21 Å². The van der Waals surface area contributed by atoms with E-state index in [2.05, 4.69) is 4.72 Å². The minimum absolute atomic E-state index is 0.0150. The standard InChI is InChI=1S/C11H17NO6S2/c1-7(4-5-19(3)15)12-20(16,17)10-6-9(11(13)14)18-8(10)2/h6-7,12H,4-5H2,1-3H3,(H,13,14). The number of rotatable bonds is 7. The van der Waals surface area contributed by atoms with Gasteiger partial charge in [-0.2, -0.15) is 0 Å². The molecule has 0 aliphatic carbocycles. The SMILES string of the molecule is Cc1oc(C(=O)O)cc1S(=O)(=O)NC(C)CCS(C)=O. The van der Waals surface area contributed by atoms with Crippen molar-refractivity contribution in [2.45, 2.75) is 31.2 Å². The van der Waals surface area contributed by atoms with Gasteiger partial charge in [-0.05, 0) is 20.3 Å². The Hall–Kier alpha value is -1.19. The molecule has 0 aromatic carbocycles. The van der Waals surface area contributed by atoms with Gasteiger partial charge in [0, 0.05) is 34.9 Å². The number of hydrogen-bond donors (Lipinski definition) is 2. The molecule has 0 aliphatic rings. The van der Waals surface area contributed by atoms with Crippen molar-refractivity contribution >= 4 is 26.8 Å². The summed E-state index contributed by atoms with van der Waals surface area (Å²) in [7, 11) is -4.85. The Labute approximate surface area is 119 Å². The van der Waals surface area contributed by atoms with Crippen LogP contribution < -0.4 is 4.72 Å². The minimum Gasteiger partial charge on any atom is -0.475 e. The second-order valence-corrected chi connectivity index (χ2v) is 7.66. The molecule has 0 aliphatic heterocycles. The molecule has 1 rings (SSSR count). The van der Waals surface area contributed by atoms with E-state index in [0.29, 0.717) is 12.2 Å². The fourth-order valence-electron chi connectivity index (χ4n) is 1.57. The van der Waals surface area contributed by atoms with Crippen LogP contribution in [0.3, 0.4) is 0 Å². The third-order valence-corrected chi connectivity index (χ3v) is 5.07. The van der Waals surface area contributed by atoms with Crippen molar-refractivity contribution in [3.05, 3.63) is 17.6 Å². The first kappa shape index (κ1) is 16.9. The van der Waals surface area contributed by atoms with E-state index in [-0.39, 0.29) is 10.7 Å². The first-order valence-corrected chi connectivity index (χ1v) is 9.00. The van der Waals surface area contributed by atoms with E-state index < -0.39 is 38.6 Å². The van der Waals surface area contributed by atoms with Crippen LogP contribution in [0.5, 0.6) is 0 Å². The number of aryl methyl sites for hydroxylation is 1. The first-order chi connectivity index (χ1) is 9.13. The highest BCUT2D eigenvalue weighted by Crippen LogP contribution is 2.20. The monoisotopic (exact) mass is 323 g/mol. The molecule has 1 aromatic rings. The predicted octanol–water partition coefficient (Wildman–Crippen LogP) is 0.722. The zero-order chi connectivity index (χ0) is 15.5. The fraction of sp³-hybridized carbons (Fsp3) is 0.545. The van der Waals surface area contributed by atoms with Gasteiger partial charge < -0.3 is 9.52 Å². The summed E-state index contributed by atoms with van der Waals surface area (Å²) in [6.07, 6.45) is 1.96. The maximum absolute atomic E-state index is 12.1. The highest BCUT2D eigenvalue weighted by atomic mass is 32.2. The molecule has 1 heterocycles. The molecule has 0 radical (unpaired) electrons. The summed E-state index contributed by atoms with van der Waals surface area (Å²) in [6, 6.07) is 0.566. The molecule has 0 bridgehead atoms. The summed E-state index contributed by atoms with van der Waals surface area (Å²) in [5.41, 5.74) is 0. The zero-order valence-electron chi connectivity index (χ0n) is 11.4. The Morgan fingerprint density at radius 3 is 2.60 bits per heavy atom. The van der Waals surface area contributed by atoms with E-state index in [0.717, 1.165) is 6.07 Å². The molecule has 0 amide bonds. The number of furan rings is 1. The normalized spacial score (nSPS) is 14.9. The molecule has 2 unspecified atom stereocenters. The second kappa shape index (κ2) is 6.51. The largest absolute Gasteiger partial charge is 0.475 e. The quantitative estimate of drug-likeness (QED) is 0.764. The van der Waals surface area contributed by atoms with Crippen LogP contribution in [-0.4, -0.2) is 41.8 Å². The van der Waals surface area contributed by atoms with Crippen LogP contribution in [-0.2, 0) is 20.8 Å². The summed E-state index contributed by atoms with van der Waals surface area (Å²) >= 11 is 0. The lowest BCUT2D eigenvalue weighted by atomic mass is 10.3. The Morgan fingerprint density at radius 1 is 1.55 bits per heavy atom. The number of carboxylic acids is 1. The van der Waals surface area contributed by atoms with Crippen LogP contribution in [0.2, 0.25) is 0 Å². The van der Waals surface area contributed by atoms with Gasteiger partial charge in [-0.15, -0.1) is 0 Å². The Kier molecular flexibility index (Phi) is 5.49. The van der Waals surface area contributed by atoms with Gasteiger partial charge in [-0.25, -0.2) is 17.9 Å². The van der Waals surface area contributed by atoms with Crippen molar-refractivity contribution in [3.8, 4) is 0 Å². The van der Waals surface area contributed by atoms with Crippen LogP contribution in [0, 0.1) is 6.92 Å². The zero-order valence-corrected chi connectivity index (χ0v) is 13.0. The van der Waals surface area contributed by atoms with Gasteiger partial charge in [-0.1, -0.05) is 0 Å². The maximum atomic E-state index is 12.1. The number of nitrogens with one attached hydrogen (secondary N) is 1. The number of sulfonamides is 1. The highest BCUT2D eigenvalue weighted by Gasteiger charge is 2.25. The molecule has 0 saturated heterocycles.